The molecule has 0 saturated heterocycles. The van der Waals surface area contributed by atoms with Crippen molar-refractivity contribution in [1.29, 1.82) is 0 Å². The van der Waals surface area contributed by atoms with Crippen LogP contribution in [0, 0.1) is 0 Å². The lowest BCUT2D eigenvalue weighted by atomic mass is 9.97. The van der Waals surface area contributed by atoms with E-state index in [9.17, 15) is 0 Å². The Morgan fingerprint density at radius 1 is 1.50 bits per heavy atom. The highest BCUT2D eigenvalue weighted by Crippen LogP contribution is 2.56. The molecule has 74 valence electrons. The van der Waals surface area contributed by atoms with Crippen LogP contribution in [-0.4, -0.2) is 13.2 Å². The SMILES string of the molecule is COc1ccc2c(c1)CCC21CC1N. The van der Waals surface area contributed by atoms with Gasteiger partial charge in [0.1, 0.15) is 5.75 Å². The average molecular weight is 189 g/mol. The van der Waals surface area contributed by atoms with Gasteiger partial charge in [0.15, 0.2) is 0 Å². The Hall–Kier alpha value is -1.02. The number of nitrogens with two attached hydrogens (primary N) is 1. The predicted octanol–water partition coefficient (Wildman–Crippen LogP) is 1.61. The number of benzene rings is 1. The minimum absolute atomic E-state index is 0.349. The molecule has 0 bridgehead atoms. The third-order valence-electron chi connectivity index (χ3n) is 3.82. The zero-order valence-electron chi connectivity index (χ0n) is 8.42. The van der Waals surface area contributed by atoms with Crippen LogP contribution < -0.4 is 10.5 Å². The molecular weight excluding hydrogens is 174 g/mol. The maximum absolute atomic E-state index is 6.02. The number of hydrogen-bond donors (Lipinski definition) is 1. The normalized spacial score (nSPS) is 33.1. The molecule has 0 aliphatic heterocycles. The summed E-state index contributed by atoms with van der Waals surface area (Å²) < 4.78 is 5.22. The minimum Gasteiger partial charge on any atom is -0.497 e. The molecule has 2 aliphatic rings. The number of rotatable bonds is 1. The first-order chi connectivity index (χ1) is 6.76. The number of fused-ring (bicyclic) bond motifs is 2. The van der Waals surface area contributed by atoms with Crippen LogP contribution in [-0.2, 0) is 11.8 Å². The van der Waals surface area contributed by atoms with Crippen LogP contribution >= 0.6 is 0 Å². The Labute approximate surface area is 84.1 Å². The standard InChI is InChI=1S/C12H15NO/c1-14-9-2-3-10-8(6-9)4-5-12(10)7-11(12)13/h2-3,6,11H,4-5,7,13H2,1H3. The van der Waals surface area contributed by atoms with Crippen LogP contribution in [0.5, 0.6) is 5.75 Å². The van der Waals surface area contributed by atoms with Crippen LogP contribution in [0.2, 0.25) is 0 Å². The first-order valence-corrected chi connectivity index (χ1v) is 5.19. The van der Waals surface area contributed by atoms with E-state index in [1.165, 1.54) is 30.4 Å². The molecule has 2 unspecified atom stereocenters. The topological polar surface area (TPSA) is 35.2 Å². The van der Waals surface area contributed by atoms with E-state index in [2.05, 4.69) is 18.2 Å². The summed E-state index contributed by atoms with van der Waals surface area (Å²) in [6, 6.07) is 6.82. The Morgan fingerprint density at radius 3 is 2.93 bits per heavy atom. The van der Waals surface area contributed by atoms with E-state index in [0.29, 0.717) is 11.5 Å². The van der Waals surface area contributed by atoms with E-state index < -0.39 is 0 Å². The molecule has 0 amide bonds. The van der Waals surface area contributed by atoms with Gasteiger partial charge < -0.3 is 10.5 Å². The second-order valence-corrected chi connectivity index (χ2v) is 4.49. The van der Waals surface area contributed by atoms with Crippen molar-refractivity contribution in [3.8, 4) is 5.75 Å². The van der Waals surface area contributed by atoms with Crippen molar-refractivity contribution in [3.05, 3.63) is 29.3 Å². The van der Waals surface area contributed by atoms with Crippen molar-refractivity contribution < 1.29 is 4.74 Å². The summed E-state index contributed by atoms with van der Waals surface area (Å²) in [6.07, 6.45) is 3.57. The molecule has 2 atom stereocenters. The number of methoxy groups -OCH3 is 1. The highest BCUT2D eigenvalue weighted by Gasteiger charge is 2.56. The summed E-state index contributed by atoms with van der Waals surface area (Å²) in [6.45, 7) is 0. The van der Waals surface area contributed by atoms with E-state index in [1.54, 1.807) is 7.11 Å². The summed E-state index contributed by atoms with van der Waals surface area (Å²) in [5, 5.41) is 0. The smallest absolute Gasteiger partial charge is 0.119 e. The zero-order chi connectivity index (χ0) is 9.76. The van der Waals surface area contributed by atoms with Gasteiger partial charge in [-0.3, -0.25) is 0 Å². The van der Waals surface area contributed by atoms with E-state index >= 15 is 0 Å². The summed E-state index contributed by atoms with van der Waals surface area (Å²) in [5.41, 5.74) is 9.29. The second kappa shape index (κ2) is 2.51. The highest BCUT2D eigenvalue weighted by molar-refractivity contribution is 5.49. The van der Waals surface area contributed by atoms with Crippen LogP contribution in [0.25, 0.3) is 0 Å². The molecule has 2 nitrogen and oxygen atoms in total. The molecule has 0 radical (unpaired) electrons. The molecule has 1 aromatic rings. The Balaban J connectivity index is 2.06. The molecule has 0 aromatic heterocycles. The van der Waals surface area contributed by atoms with E-state index in [-0.39, 0.29) is 0 Å². The fraction of sp³-hybridized carbons (Fsp3) is 0.500. The molecule has 3 rings (SSSR count). The van der Waals surface area contributed by atoms with E-state index in [0.717, 1.165) is 5.75 Å². The number of hydrogen-bond acceptors (Lipinski definition) is 2. The largest absolute Gasteiger partial charge is 0.497 e. The van der Waals surface area contributed by atoms with Gasteiger partial charge in [-0.2, -0.15) is 0 Å². The van der Waals surface area contributed by atoms with Gasteiger partial charge in [0.2, 0.25) is 0 Å². The summed E-state index contributed by atoms with van der Waals surface area (Å²) in [4.78, 5) is 0. The van der Waals surface area contributed by atoms with Gasteiger partial charge >= 0.3 is 0 Å². The minimum atomic E-state index is 0.349. The van der Waals surface area contributed by atoms with Gasteiger partial charge in [-0.15, -0.1) is 0 Å². The van der Waals surface area contributed by atoms with Crippen molar-refractivity contribution in [3.63, 3.8) is 0 Å². The van der Waals surface area contributed by atoms with Gasteiger partial charge in [-0.1, -0.05) is 6.07 Å². The van der Waals surface area contributed by atoms with Gasteiger partial charge in [0.25, 0.3) is 0 Å². The van der Waals surface area contributed by atoms with Gasteiger partial charge in [0.05, 0.1) is 7.11 Å². The Bertz CT molecular complexity index is 388. The third-order valence-corrected chi connectivity index (χ3v) is 3.82. The summed E-state index contributed by atoms with van der Waals surface area (Å²) in [5.74, 6) is 0.968. The highest BCUT2D eigenvalue weighted by atomic mass is 16.5. The molecule has 14 heavy (non-hydrogen) atoms. The molecule has 1 saturated carbocycles. The lowest BCUT2D eigenvalue weighted by Gasteiger charge is -2.09. The molecule has 2 heteroatoms. The number of aryl methyl sites for hydroxylation is 1. The molecule has 0 heterocycles. The number of ether oxygens (including phenoxy) is 1. The van der Waals surface area contributed by atoms with E-state index in [4.69, 9.17) is 10.5 Å². The maximum atomic E-state index is 6.02. The molecule has 2 aliphatic carbocycles. The summed E-state index contributed by atoms with van der Waals surface area (Å²) in [7, 11) is 1.72. The second-order valence-electron chi connectivity index (χ2n) is 4.49. The van der Waals surface area contributed by atoms with Crippen LogP contribution in [0.3, 0.4) is 0 Å². The van der Waals surface area contributed by atoms with Crippen LogP contribution in [0.1, 0.15) is 24.0 Å². The van der Waals surface area contributed by atoms with Crippen molar-refractivity contribution in [2.24, 2.45) is 5.73 Å². The molecule has 1 spiro atoms. The van der Waals surface area contributed by atoms with Crippen molar-refractivity contribution >= 4 is 0 Å². The van der Waals surface area contributed by atoms with Crippen molar-refractivity contribution in [2.75, 3.05) is 7.11 Å². The first-order valence-electron chi connectivity index (χ1n) is 5.19. The predicted molar refractivity (Wildman–Crippen MR) is 55.6 cm³/mol. The van der Waals surface area contributed by atoms with Crippen LogP contribution in [0.15, 0.2) is 18.2 Å². The van der Waals surface area contributed by atoms with Gasteiger partial charge in [-0.05, 0) is 42.5 Å². The van der Waals surface area contributed by atoms with Gasteiger partial charge in [0, 0.05) is 11.5 Å². The van der Waals surface area contributed by atoms with Crippen molar-refractivity contribution in [1.82, 2.24) is 0 Å². The fourth-order valence-corrected chi connectivity index (χ4v) is 2.81. The molecule has 1 aromatic carbocycles. The molecular formula is C12H15NO. The maximum Gasteiger partial charge on any atom is 0.119 e. The Morgan fingerprint density at radius 2 is 2.29 bits per heavy atom. The Kier molecular flexibility index (Phi) is 1.49. The monoisotopic (exact) mass is 189 g/mol. The van der Waals surface area contributed by atoms with Crippen molar-refractivity contribution in [2.45, 2.75) is 30.7 Å². The zero-order valence-corrected chi connectivity index (χ0v) is 8.42. The van der Waals surface area contributed by atoms with Crippen LogP contribution in [0.4, 0.5) is 0 Å². The molecule has 2 N–H and O–H groups in total. The first kappa shape index (κ1) is 8.30. The summed E-state index contributed by atoms with van der Waals surface area (Å²) >= 11 is 0. The average Bonchev–Trinajstić information content (AvgIpc) is 2.71. The fourth-order valence-electron chi connectivity index (χ4n) is 2.81. The van der Waals surface area contributed by atoms with E-state index in [1.807, 2.05) is 0 Å². The van der Waals surface area contributed by atoms with Gasteiger partial charge in [-0.25, -0.2) is 0 Å². The quantitative estimate of drug-likeness (QED) is 0.728. The lowest BCUT2D eigenvalue weighted by Crippen LogP contribution is -2.14. The lowest BCUT2D eigenvalue weighted by molar-refractivity contribution is 0.414. The third kappa shape index (κ3) is 0.894. The molecule has 1 fully saturated rings.